The summed E-state index contributed by atoms with van der Waals surface area (Å²) in [4.78, 5) is 14.9. The van der Waals surface area contributed by atoms with Crippen molar-refractivity contribution in [3.05, 3.63) is 62.9 Å². The van der Waals surface area contributed by atoms with Gasteiger partial charge in [0.1, 0.15) is 0 Å². The first-order valence-corrected chi connectivity index (χ1v) is 9.99. The Morgan fingerprint density at radius 2 is 2.15 bits per heavy atom. The number of aryl methyl sites for hydroxylation is 2. The van der Waals surface area contributed by atoms with Crippen molar-refractivity contribution in [1.29, 1.82) is 0 Å². The molecule has 134 valence electrons. The molecule has 0 amide bonds. The predicted octanol–water partition coefficient (Wildman–Crippen LogP) is 4.53. The highest BCUT2D eigenvalue weighted by atomic mass is 35.5. The summed E-state index contributed by atoms with van der Waals surface area (Å²) in [5.41, 5.74) is 9.05. The molecular formula is C20H20ClN3OS. The van der Waals surface area contributed by atoms with Crippen LogP contribution in [0.15, 0.2) is 42.6 Å². The number of aromatic nitrogens is 2. The van der Waals surface area contributed by atoms with Crippen molar-refractivity contribution >= 4 is 28.7 Å². The number of Topliss-reactive ketones (excluding diaryl/α,β-unsaturated/α-hetero) is 1. The maximum absolute atomic E-state index is 12.9. The molecule has 0 radical (unpaired) electrons. The van der Waals surface area contributed by atoms with Gasteiger partial charge in [-0.1, -0.05) is 41.9 Å². The van der Waals surface area contributed by atoms with Crippen molar-refractivity contribution < 1.29 is 4.79 Å². The summed E-state index contributed by atoms with van der Waals surface area (Å²) < 4.78 is 1.95. The molecule has 1 atom stereocenters. The van der Waals surface area contributed by atoms with Gasteiger partial charge in [-0.3, -0.25) is 9.48 Å². The van der Waals surface area contributed by atoms with Crippen molar-refractivity contribution in [3.63, 3.8) is 0 Å². The third kappa shape index (κ3) is 3.22. The number of hydrogen-bond acceptors (Lipinski definition) is 4. The number of carbonyl (C=O) groups is 1. The molecule has 1 aromatic carbocycles. The maximum atomic E-state index is 12.9. The molecule has 4 rings (SSSR count). The summed E-state index contributed by atoms with van der Waals surface area (Å²) >= 11 is 7.94. The minimum atomic E-state index is 0.0414. The van der Waals surface area contributed by atoms with Gasteiger partial charge in [0.2, 0.25) is 0 Å². The van der Waals surface area contributed by atoms with E-state index in [4.69, 9.17) is 17.3 Å². The minimum Gasteiger partial charge on any atom is -0.330 e. The fraction of sp³-hybridized carbons (Fsp3) is 0.300. The summed E-state index contributed by atoms with van der Waals surface area (Å²) in [6.45, 7) is 1.31. The molecule has 6 heteroatoms. The number of thiophene rings is 1. The van der Waals surface area contributed by atoms with Crippen LogP contribution >= 0.6 is 22.9 Å². The number of fused-ring (bicyclic) bond motifs is 3. The fourth-order valence-electron chi connectivity index (χ4n) is 3.53. The second-order valence-corrected chi connectivity index (χ2v) is 8.13. The van der Waals surface area contributed by atoms with Crippen LogP contribution < -0.4 is 5.73 Å². The highest BCUT2D eigenvalue weighted by Crippen LogP contribution is 2.39. The van der Waals surface area contributed by atoms with E-state index in [9.17, 15) is 4.79 Å². The van der Waals surface area contributed by atoms with Gasteiger partial charge in [-0.25, -0.2) is 0 Å². The first-order chi connectivity index (χ1) is 12.7. The average Bonchev–Trinajstić information content (AvgIpc) is 3.19. The van der Waals surface area contributed by atoms with E-state index in [1.54, 1.807) is 17.5 Å². The van der Waals surface area contributed by atoms with Crippen LogP contribution in [0.4, 0.5) is 0 Å². The average molecular weight is 386 g/mol. The largest absolute Gasteiger partial charge is 0.330 e. The summed E-state index contributed by atoms with van der Waals surface area (Å²) in [5.74, 6) is 0.185. The van der Waals surface area contributed by atoms with E-state index in [0.29, 0.717) is 18.0 Å². The van der Waals surface area contributed by atoms with Crippen molar-refractivity contribution in [2.24, 2.45) is 5.73 Å². The molecule has 0 spiro atoms. The number of nitrogens with zero attached hydrogens (tertiary/aromatic N) is 2. The van der Waals surface area contributed by atoms with Crippen LogP contribution in [0.25, 0.3) is 11.3 Å². The van der Waals surface area contributed by atoms with Crippen LogP contribution in [-0.4, -0.2) is 22.1 Å². The van der Waals surface area contributed by atoms with Gasteiger partial charge in [0.15, 0.2) is 5.78 Å². The lowest BCUT2D eigenvalue weighted by molar-refractivity contribution is 0.0978. The predicted molar refractivity (Wildman–Crippen MR) is 106 cm³/mol. The van der Waals surface area contributed by atoms with E-state index in [1.165, 1.54) is 4.88 Å². The molecule has 0 unspecified atom stereocenters. The number of rotatable bonds is 5. The molecule has 3 aromatic rings. The van der Waals surface area contributed by atoms with Gasteiger partial charge in [0.25, 0.3) is 0 Å². The Bertz CT molecular complexity index is 932. The first kappa shape index (κ1) is 17.5. The third-order valence-corrected chi connectivity index (χ3v) is 6.41. The molecule has 3 heterocycles. The Kier molecular flexibility index (Phi) is 4.94. The lowest BCUT2D eigenvalue weighted by Crippen LogP contribution is -2.16. The molecule has 26 heavy (non-hydrogen) atoms. The fourth-order valence-corrected chi connectivity index (χ4v) is 4.92. The molecule has 0 bridgehead atoms. The zero-order valence-corrected chi connectivity index (χ0v) is 15.9. The van der Waals surface area contributed by atoms with Crippen LogP contribution in [0.1, 0.15) is 38.9 Å². The summed E-state index contributed by atoms with van der Waals surface area (Å²) in [6.07, 6.45) is 4.06. The molecule has 2 N–H and O–H groups in total. The van der Waals surface area contributed by atoms with Crippen molar-refractivity contribution in [3.8, 4) is 11.3 Å². The molecule has 1 aliphatic heterocycles. The van der Waals surface area contributed by atoms with E-state index in [2.05, 4.69) is 5.10 Å². The Labute approximate surface area is 161 Å². The second-order valence-electron chi connectivity index (χ2n) is 6.59. The number of halogens is 1. The molecule has 2 aromatic heterocycles. The topological polar surface area (TPSA) is 60.9 Å². The maximum Gasteiger partial charge on any atom is 0.173 e. The quantitative estimate of drug-likeness (QED) is 0.656. The van der Waals surface area contributed by atoms with E-state index in [1.807, 2.05) is 41.1 Å². The van der Waals surface area contributed by atoms with Gasteiger partial charge < -0.3 is 5.73 Å². The summed E-state index contributed by atoms with van der Waals surface area (Å²) in [7, 11) is 0. The first-order valence-electron chi connectivity index (χ1n) is 8.80. The zero-order valence-electron chi connectivity index (χ0n) is 14.3. The molecular weight excluding hydrogens is 366 g/mol. The highest BCUT2D eigenvalue weighted by Gasteiger charge is 2.24. The Morgan fingerprint density at radius 3 is 2.92 bits per heavy atom. The monoisotopic (exact) mass is 385 g/mol. The van der Waals surface area contributed by atoms with E-state index < -0.39 is 0 Å². The van der Waals surface area contributed by atoms with Crippen LogP contribution in [0.2, 0.25) is 5.02 Å². The smallest absolute Gasteiger partial charge is 0.173 e. The molecule has 0 fully saturated rings. The lowest BCUT2D eigenvalue weighted by atomic mass is 9.93. The molecule has 4 nitrogen and oxygen atoms in total. The van der Waals surface area contributed by atoms with Gasteiger partial charge in [-0.05, 0) is 31.0 Å². The van der Waals surface area contributed by atoms with Crippen molar-refractivity contribution in [1.82, 2.24) is 9.78 Å². The zero-order chi connectivity index (χ0) is 18.1. The minimum absolute atomic E-state index is 0.0414. The molecule has 0 saturated heterocycles. The Hall–Kier alpha value is -1.95. The molecule has 0 aliphatic carbocycles. The number of hydrogen-bond donors (Lipinski definition) is 1. The van der Waals surface area contributed by atoms with Crippen LogP contribution in [0, 0.1) is 0 Å². The van der Waals surface area contributed by atoms with Crippen LogP contribution in [0.5, 0.6) is 0 Å². The van der Waals surface area contributed by atoms with Crippen molar-refractivity contribution in [2.45, 2.75) is 31.7 Å². The molecule has 1 aliphatic rings. The van der Waals surface area contributed by atoms with Gasteiger partial charge >= 0.3 is 0 Å². The normalized spacial score (nSPS) is 14.4. The standard InChI is InChI=1S/C20H20ClN3OS/c21-16-12-23-24-8-4-7-18-15(20(16)24)10-19(26-18)17(25)9-14(11-22)13-5-2-1-3-6-13/h1-3,5-6,10,12,14H,4,7-9,11,22H2/t14-/m1/s1. The van der Waals surface area contributed by atoms with Gasteiger partial charge in [0, 0.05) is 29.3 Å². The lowest BCUT2D eigenvalue weighted by Gasteiger charge is -2.13. The number of nitrogens with two attached hydrogens (primary N) is 1. The van der Waals surface area contributed by atoms with Gasteiger partial charge in [-0.2, -0.15) is 5.10 Å². The Balaban J connectivity index is 1.62. The number of benzene rings is 1. The number of ketones is 1. The van der Waals surface area contributed by atoms with Crippen molar-refractivity contribution in [2.75, 3.05) is 6.54 Å². The van der Waals surface area contributed by atoms with Crippen LogP contribution in [0.3, 0.4) is 0 Å². The third-order valence-electron chi connectivity index (χ3n) is 4.89. The summed E-state index contributed by atoms with van der Waals surface area (Å²) in [6, 6.07) is 12.0. The van der Waals surface area contributed by atoms with Gasteiger partial charge in [-0.15, -0.1) is 11.3 Å². The van der Waals surface area contributed by atoms with Gasteiger partial charge in [0.05, 0.1) is 21.8 Å². The number of carbonyl (C=O) groups excluding carboxylic acids is 1. The van der Waals surface area contributed by atoms with E-state index in [-0.39, 0.29) is 11.7 Å². The SMILES string of the molecule is NC[C@@H](CC(=O)c1cc2c(s1)CCCn1ncc(Cl)c1-2)c1ccccc1. The summed E-state index contributed by atoms with van der Waals surface area (Å²) in [5, 5.41) is 5.01. The second kappa shape index (κ2) is 7.35. The van der Waals surface area contributed by atoms with E-state index >= 15 is 0 Å². The van der Waals surface area contributed by atoms with E-state index in [0.717, 1.165) is 41.1 Å². The molecule has 0 saturated carbocycles. The van der Waals surface area contributed by atoms with Crippen LogP contribution in [-0.2, 0) is 13.0 Å². The highest BCUT2D eigenvalue weighted by molar-refractivity contribution is 7.14. The Morgan fingerprint density at radius 1 is 1.35 bits per heavy atom.